The van der Waals surface area contributed by atoms with E-state index in [-0.39, 0.29) is 11.3 Å². The number of aromatic amines is 2. The number of benzene rings is 4. The van der Waals surface area contributed by atoms with Crippen molar-refractivity contribution in [2.24, 2.45) is 0 Å². The molecule has 0 spiro atoms. The topological polar surface area (TPSA) is 94.7 Å². The summed E-state index contributed by atoms with van der Waals surface area (Å²) in [6.07, 6.45) is 9.11. The fraction of sp³-hybridized carbons (Fsp3) is 0.167. The van der Waals surface area contributed by atoms with Crippen molar-refractivity contribution in [1.29, 1.82) is 0 Å². The van der Waals surface area contributed by atoms with Crippen LogP contribution in [-0.4, -0.2) is 31.3 Å². The number of nitrogens with zero attached hydrogens (tertiary/aromatic N) is 2. The number of rotatable bonds is 5. The predicted molar refractivity (Wildman–Crippen MR) is 250 cm³/mol. The van der Waals surface area contributed by atoms with E-state index in [2.05, 4.69) is 157 Å². The molecular weight excluding hydrogens is 737 g/mol. The van der Waals surface area contributed by atoms with Gasteiger partial charge in [-0.05, 0) is 179 Å². The SMILES string of the molecule is Cc1cc(C)c(-c2c3nc(c(-c4c(C)cc(C)cc4C)c4ccc([nH]4)c(-c4c(C)cc(C)cc4C)c4nc(c(-c5ccc(C=O)c(O)c5)c5ccc2[nH]5)C=C4)C=C3)c(C)c1. The van der Waals surface area contributed by atoms with Crippen molar-refractivity contribution < 1.29 is 9.90 Å². The summed E-state index contributed by atoms with van der Waals surface area (Å²) in [4.78, 5) is 30.6. The first kappa shape index (κ1) is 38.5. The molecule has 0 saturated heterocycles. The van der Waals surface area contributed by atoms with Crippen LogP contribution in [0.4, 0.5) is 0 Å². The van der Waals surface area contributed by atoms with Crippen molar-refractivity contribution in [1.82, 2.24) is 19.9 Å². The number of fused-ring (bicyclic) bond motifs is 8. The molecule has 0 aliphatic carbocycles. The third-order valence-corrected chi connectivity index (χ3v) is 12.0. The van der Waals surface area contributed by atoms with Crippen LogP contribution in [0.5, 0.6) is 5.75 Å². The van der Waals surface area contributed by atoms with E-state index in [4.69, 9.17) is 9.97 Å². The third-order valence-electron chi connectivity index (χ3n) is 12.0. The molecule has 7 aromatic rings. The Bertz CT molecular complexity index is 3100. The molecule has 8 bridgehead atoms. The minimum atomic E-state index is -0.0875. The van der Waals surface area contributed by atoms with Gasteiger partial charge < -0.3 is 15.1 Å². The fourth-order valence-corrected chi connectivity index (χ4v) is 9.82. The molecule has 4 aromatic carbocycles. The van der Waals surface area contributed by atoms with Gasteiger partial charge in [0.05, 0.1) is 28.3 Å². The number of aromatic hydroxyl groups is 1. The maximum atomic E-state index is 11.8. The second-order valence-corrected chi connectivity index (χ2v) is 16.7. The first-order chi connectivity index (χ1) is 28.8. The van der Waals surface area contributed by atoms with Crippen LogP contribution >= 0.6 is 0 Å². The second-order valence-electron chi connectivity index (χ2n) is 16.7. The molecular formula is C54H48N4O2. The van der Waals surface area contributed by atoms with Gasteiger partial charge >= 0.3 is 0 Å². The van der Waals surface area contributed by atoms with E-state index >= 15 is 0 Å². The van der Waals surface area contributed by atoms with E-state index in [1.54, 1.807) is 12.1 Å². The zero-order chi connectivity index (χ0) is 42.1. The van der Waals surface area contributed by atoms with Gasteiger partial charge in [0, 0.05) is 44.3 Å². The highest BCUT2D eigenvalue weighted by atomic mass is 16.3. The summed E-state index contributed by atoms with van der Waals surface area (Å²) in [5.41, 5.74) is 25.7. The maximum Gasteiger partial charge on any atom is 0.153 e. The van der Waals surface area contributed by atoms with Gasteiger partial charge in [0.1, 0.15) is 5.75 Å². The number of aromatic nitrogens is 4. The standard InChI is InChI=1S/C54H48N4O2/c1-28-20-31(4)48(32(5)21-28)52-41-14-12-39(55-41)51(37-10-11-38(27-59)47(60)26-37)40-13-15-42(56-40)53(49-33(6)22-29(2)23-34(49)7)44-17-19-46(58-44)54(45-18-16-43(52)57-45)50-35(8)24-30(3)25-36(50)9/h10-27,55,58,60H,1-9H3. The summed E-state index contributed by atoms with van der Waals surface area (Å²) in [5.74, 6) is -0.0875. The van der Waals surface area contributed by atoms with Gasteiger partial charge in [0.2, 0.25) is 0 Å². The Labute approximate surface area is 351 Å². The van der Waals surface area contributed by atoms with E-state index in [1.165, 1.54) is 27.8 Å². The predicted octanol–water partition coefficient (Wildman–Crippen LogP) is 13.6. The van der Waals surface area contributed by atoms with Crippen molar-refractivity contribution in [2.45, 2.75) is 62.3 Å². The van der Waals surface area contributed by atoms with Gasteiger partial charge in [-0.1, -0.05) is 59.2 Å². The van der Waals surface area contributed by atoms with Crippen molar-refractivity contribution in [3.05, 3.63) is 157 Å². The highest BCUT2D eigenvalue weighted by Crippen LogP contribution is 2.42. The quantitative estimate of drug-likeness (QED) is 0.151. The van der Waals surface area contributed by atoms with Crippen LogP contribution in [0.25, 0.3) is 90.9 Å². The molecule has 2 aliphatic heterocycles. The molecule has 2 aliphatic rings. The Morgan fingerprint density at radius 1 is 0.417 bits per heavy atom. The third kappa shape index (κ3) is 6.49. The molecule has 296 valence electrons. The van der Waals surface area contributed by atoms with Crippen LogP contribution in [-0.2, 0) is 0 Å². The number of H-pyrrole nitrogens is 2. The summed E-state index contributed by atoms with van der Waals surface area (Å²) in [5, 5.41) is 11.0. The highest BCUT2D eigenvalue weighted by molar-refractivity contribution is 6.01. The lowest BCUT2D eigenvalue weighted by Crippen LogP contribution is -1.96. The average Bonchev–Trinajstić information content (AvgIpc) is 4.02. The van der Waals surface area contributed by atoms with Crippen molar-refractivity contribution in [2.75, 3.05) is 0 Å². The highest BCUT2D eigenvalue weighted by Gasteiger charge is 2.23. The number of phenols is 1. The van der Waals surface area contributed by atoms with Gasteiger partial charge in [0.25, 0.3) is 0 Å². The lowest BCUT2D eigenvalue weighted by molar-refractivity contribution is 0.112. The van der Waals surface area contributed by atoms with E-state index in [1.807, 2.05) is 6.07 Å². The number of carbonyl (C=O) groups excluding carboxylic acids is 1. The summed E-state index contributed by atoms with van der Waals surface area (Å²) < 4.78 is 0. The minimum absolute atomic E-state index is 0.0875. The minimum Gasteiger partial charge on any atom is -0.507 e. The summed E-state index contributed by atoms with van der Waals surface area (Å²) in [6.45, 7) is 19.5. The normalized spacial score (nSPS) is 12.1. The molecule has 6 nitrogen and oxygen atoms in total. The molecule has 0 amide bonds. The van der Waals surface area contributed by atoms with E-state index in [0.29, 0.717) is 6.29 Å². The molecule has 60 heavy (non-hydrogen) atoms. The number of phenolic OH excluding ortho intramolecular Hbond substituents is 1. The zero-order valence-corrected chi connectivity index (χ0v) is 35.6. The monoisotopic (exact) mass is 784 g/mol. The molecule has 0 unspecified atom stereocenters. The van der Waals surface area contributed by atoms with Crippen LogP contribution in [0, 0.1) is 62.3 Å². The van der Waals surface area contributed by atoms with Gasteiger partial charge in [-0.3, -0.25) is 4.79 Å². The lowest BCUT2D eigenvalue weighted by Gasteiger charge is -2.14. The molecule has 0 atom stereocenters. The number of nitrogens with one attached hydrogen (secondary N) is 2. The molecule has 3 aromatic heterocycles. The molecule has 0 saturated carbocycles. The Balaban J connectivity index is 1.53. The Hall–Kier alpha value is -7.05. The zero-order valence-electron chi connectivity index (χ0n) is 35.6. The maximum absolute atomic E-state index is 11.8. The van der Waals surface area contributed by atoms with Crippen molar-refractivity contribution in [3.8, 4) is 50.3 Å². The molecule has 0 radical (unpaired) electrons. The fourth-order valence-electron chi connectivity index (χ4n) is 9.82. The molecule has 0 fully saturated rings. The molecule has 9 rings (SSSR count). The van der Waals surface area contributed by atoms with Crippen LogP contribution < -0.4 is 0 Å². The number of hydrogen-bond acceptors (Lipinski definition) is 4. The van der Waals surface area contributed by atoms with Gasteiger partial charge in [-0.15, -0.1) is 0 Å². The average molecular weight is 785 g/mol. The summed E-state index contributed by atoms with van der Waals surface area (Å²) >= 11 is 0. The van der Waals surface area contributed by atoms with Crippen LogP contribution in [0.15, 0.2) is 78.9 Å². The van der Waals surface area contributed by atoms with E-state index in [0.717, 1.165) is 112 Å². The number of hydrogen-bond donors (Lipinski definition) is 3. The number of aldehydes is 1. The number of carbonyl (C=O) groups is 1. The van der Waals surface area contributed by atoms with Crippen molar-refractivity contribution in [3.63, 3.8) is 0 Å². The smallest absolute Gasteiger partial charge is 0.153 e. The van der Waals surface area contributed by atoms with Crippen LogP contribution in [0.1, 0.15) is 83.2 Å². The lowest BCUT2D eigenvalue weighted by atomic mass is 9.92. The van der Waals surface area contributed by atoms with Crippen molar-refractivity contribution >= 4 is 52.7 Å². The largest absolute Gasteiger partial charge is 0.507 e. The van der Waals surface area contributed by atoms with Gasteiger partial charge in [-0.2, -0.15) is 0 Å². The molecule has 3 N–H and O–H groups in total. The second kappa shape index (κ2) is 14.6. The van der Waals surface area contributed by atoms with Gasteiger partial charge in [0.15, 0.2) is 6.29 Å². The number of aryl methyl sites for hydroxylation is 9. The van der Waals surface area contributed by atoms with E-state index in [9.17, 15) is 9.90 Å². The van der Waals surface area contributed by atoms with Crippen LogP contribution in [0.3, 0.4) is 0 Å². The Morgan fingerprint density at radius 2 is 0.733 bits per heavy atom. The van der Waals surface area contributed by atoms with Crippen LogP contribution in [0.2, 0.25) is 0 Å². The van der Waals surface area contributed by atoms with Gasteiger partial charge in [-0.25, -0.2) is 9.97 Å². The Kier molecular flexibility index (Phi) is 9.39. The van der Waals surface area contributed by atoms with E-state index < -0.39 is 0 Å². The first-order valence-electron chi connectivity index (χ1n) is 20.5. The Morgan fingerprint density at radius 3 is 1.05 bits per heavy atom. The molecule has 5 heterocycles. The summed E-state index contributed by atoms with van der Waals surface area (Å²) in [6, 6.07) is 27.2. The summed E-state index contributed by atoms with van der Waals surface area (Å²) in [7, 11) is 0. The molecule has 6 heteroatoms. The first-order valence-corrected chi connectivity index (χ1v) is 20.5.